The highest BCUT2D eigenvalue weighted by atomic mass is 32.2. The van der Waals surface area contributed by atoms with E-state index in [2.05, 4.69) is 16.7 Å². The van der Waals surface area contributed by atoms with Crippen LogP contribution in [-0.4, -0.2) is 31.5 Å². The maximum Gasteiger partial charge on any atom is 0.292 e. The summed E-state index contributed by atoms with van der Waals surface area (Å²) < 4.78 is 21.8. The third kappa shape index (κ3) is 3.98. The molecule has 160 valence electrons. The van der Waals surface area contributed by atoms with Gasteiger partial charge in [-0.05, 0) is 48.3 Å². The molecule has 2 aromatic heterocycles. The summed E-state index contributed by atoms with van der Waals surface area (Å²) in [5.41, 5.74) is 4.33. The zero-order chi connectivity index (χ0) is 22.1. The molecule has 0 spiro atoms. The van der Waals surface area contributed by atoms with Crippen LogP contribution in [0.2, 0.25) is 0 Å². The molecule has 7 heteroatoms. The number of hydrogen-bond donors (Lipinski definition) is 0. The zero-order valence-corrected chi connectivity index (χ0v) is 18.9. The van der Waals surface area contributed by atoms with Gasteiger partial charge >= 0.3 is 0 Å². The van der Waals surface area contributed by atoms with Crippen molar-refractivity contribution in [2.75, 3.05) is 12.9 Å². The number of imidazole rings is 1. The Balaban J connectivity index is 1.96. The van der Waals surface area contributed by atoms with Crippen LogP contribution in [-0.2, 0) is 24.8 Å². The Morgan fingerprint density at radius 2 is 1.87 bits per heavy atom. The zero-order valence-electron chi connectivity index (χ0n) is 18.1. The van der Waals surface area contributed by atoms with Crippen LogP contribution >= 0.6 is 0 Å². The lowest BCUT2D eigenvalue weighted by atomic mass is 10.1. The van der Waals surface area contributed by atoms with Crippen LogP contribution < -0.4 is 10.3 Å². The predicted octanol–water partition coefficient (Wildman–Crippen LogP) is 3.89. The smallest absolute Gasteiger partial charge is 0.292 e. The number of fused-ring (bicyclic) bond motifs is 1. The minimum Gasteiger partial charge on any atom is -0.611 e. The largest absolute Gasteiger partial charge is 0.611 e. The van der Waals surface area contributed by atoms with Gasteiger partial charge in [0, 0.05) is 31.4 Å². The van der Waals surface area contributed by atoms with E-state index in [-0.39, 0.29) is 11.3 Å². The van der Waals surface area contributed by atoms with Gasteiger partial charge < -0.3 is 18.4 Å². The molecule has 2 aromatic carbocycles. The van der Waals surface area contributed by atoms with Crippen LogP contribution in [0, 0.1) is 6.92 Å². The molecule has 0 saturated heterocycles. The molecule has 0 aliphatic heterocycles. The van der Waals surface area contributed by atoms with Gasteiger partial charge in [0.15, 0.2) is 10.6 Å². The average molecular weight is 436 g/mol. The Morgan fingerprint density at radius 3 is 2.55 bits per heavy atom. The van der Waals surface area contributed by atoms with Gasteiger partial charge in [-0.1, -0.05) is 30.3 Å². The molecule has 0 amide bonds. The van der Waals surface area contributed by atoms with E-state index in [0.717, 1.165) is 33.5 Å². The second-order valence-electron chi connectivity index (χ2n) is 7.42. The van der Waals surface area contributed by atoms with Gasteiger partial charge in [0.1, 0.15) is 17.1 Å². The van der Waals surface area contributed by atoms with Crippen molar-refractivity contribution in [3.63, 3.8) is 0 Å². The monoisotopic (exact) mass is 435 g/mol. The summed E-state index contributed by atoms with van der Waals surface area (Å²) >= 11 is -1.18. The van der Waals surface area contributed by atoms with E-state index in [0.29, 0.717) is 17.2 Å². The Kier molecular flexibility index (Phi) is 5.89. The topological polar surface area (TPSA) is 72.1 Å². The molecule has 31 heavy (non-hydrogen) atoms. The summed E-state index contributed by atoms with van der Waals surface area (Å²) in [6.07, 6.45) is 1.77. The quantitative estimate of drug-likeness (QED) is 0.431. The van der Waals surface area contributed by atoms with Gasteiger partial charge in [0.2, 0.25) is 0 Å². The minimum absolute atomic E-state index is 0.199. The van der Waals surface area contributed by atoms with Crippen LogP contribution in [0.15, 0.2) is 64.4 Å². The van der Waals surface area contributed by atoms with E-state index < -0.39 is 11.2 Å². The van der Waals surface area contributed by atoms with Crippen molar-refractivity contribution in [3.8, 4) is 16.9 Å². The van der Waals surface area contributed by atoms with Gasteiger partial charge in [0.05, 0.1) is 12.6 Å². The average Bonchev–Trinajstić information content (AvgIpc) is 3.10. The van der Waals surface area contributed by atoms with Gasteiger partial charge in [-0.15, -0.1) is 0 Å². The molecule has 0 radical (unpaired) electrons. The standard InChI is InChI=1S/C24H25N3O3S/c1-5-31(29)22-13-18(19-12-21(30-4)24(28)26(3)15-19)11-20-23(22)25-16(2)27(20)14-17-9-7-6-8-10-17/h6-13,15H,5,14H2,1-4H3. The lowest BCUT2D eigenvalue weighted by molar-refractivity contribution is 0.405. The van der Waals surface area contributed by atoms with E-state index in [1.807, 2.05) is 44.2 Å². The van der Waals surface area contributed by atoms with Gasteiger partial charge in [-0.3, -0.25) is 4.79 Å². The maximum atomic E-state index is 12.9. The first-order valence-corrected chi connectivity index (χ1v) is 11.4. The van der Waals surface area contributed by atoms with Crippen molar-refractivity contribution < 1.29 is 9.29 Å². The van der Waals surface area contributed by atoms with E-state index in [1.54, 1.807) is 19.3 Å². The summed E-state index contributed by atoms with van der Waals surface area (Å²) in [5.74, 6) is 1.63. The number of benzene rings is 2. The molecule has 0 N–H and O–H groups in total. The van der Waals surface area contributed by atoms with Crippen LogP contribution in [0.5, 0.6) is 5.75 Å². The SMILES string of the molecule is CC[S+]([O-])c1cc(-c2cc(OC)c(=O)n(C)c2)cc2c1nc(C)n2Cc1ccccc1. The highest BCUT2D eigenvalue weighted by Gasteiger charge is 2.21. The molecule has 2 heterocycles. The van der Waals surface area contributed by atoms with Crippen LogP contribution in [0.3, 0.4) is 0 Å². The van der Waals surface area contributed by atoms with E-state index in [1.165, 1.54) is 11.7 Å². The second kappa shape index (κ2) is 8.61. The number of aromatic nitrogens is 3. The summed E-state index contributed by atoms with van der Waals surface area (Å²) in [6.45, 7) is 4.54. The highest BCUT2D eigenvalue weighted by Crippen LogP contribution is 2.32. The Hall–Kier alpha value is -3.03. The van der Waals surface area contributed by atoms with Crippen molar-refractivity contribution in [1.82, 2.24) is 14.1 Å². The highest BCUT2D eigenvalue weighted by molar-refractivity contribution is 7.91. The number of ether oxygens (including phenoxy) is 1. The fraction of sp³-hybridized carbons (Fsp3) is 0.250. The van der Waals surface area contributed by atoms with E-state index in [4.69, 9.17) is 9.72 Å². The number of aryl methyl sites for hydroxylation is 2. The van der Waals surface area contributed by atoms with Crippen molar-refractivity contribution in [2.24, 2.45) is 7.05 Å². The fourth-order valence-electron chi connectivity index (χ4n) is 3.75. The summed E-state index contributed by atoms with van der Waals surface area (Å²) in [4.78, 5) is 17.7. The molecule has 0 saturated carbocycles. The van der Waals surface area contributed by atoms with Gasteiger partial charge in [-0.25, -0.2) is 4.98 Å². The number of hydrogen-bond acceptors (Lipinski definition) is 4. The third-order valence-corrected chi connectivity index (χ3v) is 6.73. The molecule has 1 unspecified atom stereocenters. The van der Waals surface area contributed by atoms with Gasteiger partial charge in [0.25, 0.3) is 5.56 Å². The van der Waals surface area contributed by atoms with Gasteiger partial charge in [-0.2, -0.15) is 0 Å². The first-order valence-electron chi connectivity index (χ1n) is 10.1. The second-order valence-corrected chi connectivity index (χ2v) is 9.13. The van der Waals surface area contributed by atoms with Crippen molar-refractivity contribution in [2.45, 2.75) is 25.3 Å². The lowest BCUT2D eigenvalue weighted by Crippen LogP contribution is -2.17. The Labute approximate surface area is 184 Å². The molecular weight excluding hydrogens is 410 g/mol. The number of methoxy groups -OCH3 is 1. The first-order chi connectivity index (χ1) is 14.9. The molecule has 4 rings (SSSR count). The van der Waals surface area contributed by atoms with Crippen molar-refractivity contribution >= 4 is 22.2 Å². The lowest BCUT2D eigenvalue weighted by Gasteiger charge is -2.13. The van der Waals surface area contributed by atoms with Crippen LogP contribution in [0.4, 0.5) is 0 Å². The number of pyridine rings is 1. The minimum atomic E-state index is -1.18. The summed E-state index contributed by atoms with van der Waals surface area (Å²) in [6, 6.07) is 15.9. The van der Waals surface area contributed by atoms with E-state index >= 15 is 0 Å². The number of rotatable bonds is 6. The molecule has 1 atom stereocenters. The third-order valence-electron chi connectivity index (χ3n) is 5.40. The fourth-order valence-corrected chi connectivity index (χ4v) is 4.69. The van der Waals surface area contributed by atoms with Crippen molar-refractivity contribution in [1.29, 1.82) is 0 Å². The summed E-state index contributed by atoms with van der Waals surface area (Å²) in [5, 5.41) is 0. The molecule has 4 aromatic rings. The summed E-state index contributed by atoms with van der Waals surface area (Å²) in [7, 11) is 3.18. The molecule has 6 nitrogen and oxygen atoms in total. The molecule has 0 fully saturated rings. The van der Waals surface area contributed by atoms with Crippen LogP contribution in [0.25, 0.3) is 22.2 Å². The Morgan fingerprint density at radius 1 is 1.13 bits per heavy atom. The Bertz CT molecular complexity index is 1300. The first kappa shape index (κ1) is 21.2. The van der Waals surface area contributed by atoms with E-state index in [9.17, 15) is 9.35 Å². The normalized spacial score (nSPS) is 12.3. The predicted molar refractivity (Wildman–Crippen MR) is 124 cm³/mol. The number of nitrogens with zero attached hydrogens (tertiary/aromatic N) is 3. The molecule has 0 aliphatic carbocycles. The molecular formula is C24H25N3O3S. The molecule has 0 aliphatic rings. The van der Waals surface area contributed by atoms with Crippen molar-refractivity contribution in [3.05, 3.63) is 76.5 Å². The maximum absolute atomic E-state index is 12.9. The molecule has 0 bridgehead atoms. The van der Waals surface area contributed by atoms with Crippen LogP contribution in [0.1, 0.15) is 18.3 Å².